The van der Waals surface area contributed by atoms with Crippen molar-refractivity contribution in [2.75, 3.05) is 18.8 Å². The number of aliphatic hydroxyl groups excluding tert-OH is 1. The third-order valence-corrected chi connectivity index (χ3v) is 5.85. The number of hydrogen-bond acceptors (Lipinski definition) is 6. The molecule has 2 unspecified atom stereocenters. The van der Waals surface area contributed by atoms with E-state index in [4.69, 9.17) is 4.42 Å². The number of carbonyl (C=O) groups is 1. The van der Waals surface area contributed by atoms with Gasteiger partial charge in [-0.15, -0.1) is 0 Å². The van der Waals surface area contributed by atoms with E-state index in [-0.39, 0.29) is 29.7 Å². The van der Waals surface area contributed by atoms with Crippen molar-refractivity contribution in [1.82, 2.24) is 15.6 Å². The minimum Gasteiger partial charge on any atom is -0.511 e. The van der Waals surface area contributed by atoms with Crippen molar-refractivity contribution in [3.05, 3.63) is 77.7 Å². The number of amides is 1. The minimum absolute atomic E-state index is 0.00515. The van der Waals surface area contributed by atoms with Crippen molar-refractivity contribution < 1.29 is 18.5 Å². The Morgan fingerprint density at radius 3 is 3.07 bits per heavy atom. The Hall–Kier alpha value is -2.71. The summed E-state index contributed by atoms with van der Waals surface area (Å²) in [5.74, 6) is 0.300. The van der Waals surface area contributed by atoms with Crippen molar-refractivity contribution in [1.29, 1.82) is 0 Å². The van der Waals surface area contributed by atoms with Crippen LogP contribution in [0.4, 0.5) is 0 Å². The first-order chi connectivity index (χ1) is 14.6. The van der Waals surface area contributed by atoms with Gasteiger partial charge >= 0.3 is 0 Å². The summed E-state index contributed by atoms with van der Waals surface area (Å²) in [6.07, 6.45) is 11.7. The number of nitrogens with one attached hydrogen (secondary N) is 2. The van der Waals surface area contributed by atoms with Crippen LogP contribution >= 0.6 is 0 Å². The molecule has 3 heterocycles. The molecule has 1 amide bonds. The van der Waals surface area contributed by atoms with Gasteiger partial charge in [-0.25, -0.2) is 0 Å². The molecule has 0 aromatic carbocycles. The first-order valence-electron chi connectivity index (χ1n) is 9.92. The van der Waals surface area contributed by atoms with E-state index >= 15 is 0 Å². The SMILES string of the molecule is O=C(CS(=O)Cc1ccco1)NCC(O)=CCc1cc(CC2CC=CCN2)ccn1. The molecule has 30 heavy (non-hydrogen) atoms. The number of furan rings is 1. The average molecular weight is 430 g/mol. The fourth-order valence-corrected chi connectivity index (χ4v) is 4.13. The van der Waals surface area contributed by atoms with Crippen LogP contribution < -0.4 is 10.6 Å². The van der Waals surface area contributed by atoms with Crippen LogP contribution in [0.15, 0.2) is 65.1 Å². The second-order valence-corrected chi connectivity index (χ2v) is 8.61. The number of hydrogen-bond donors (Lipinski definition) is 3. The number of rotatable bonds is 10. The Morgan fingerprint density at radius 2 is 2.30 bits per heavy atom. The van der Waals surface area contributed by atoms with Gasteiger partial charge in [-0.2, -0.15) is 0 Å². The van der Waals surface area contributed by atoms with E-state index in [1.807, 2.05) is 12.1 Å². The van der Waals surface area contributed by atoms with Crippen molar-refractivity contribution in [3.63, 3.8) is 0 Å². The molecule has 1 aliphatic heterocycles. The molecule has 0 saturated heterocycles. The summed E-state index contributed by atoms with van der Waals surface area (Å²) < 4.78 is 17.1. The summed E-state index contributed by atoms with van der Waals surface area (Å²) in [6.45, 7) is 0.899. The van der Waals surface area contributed by atoms with E-state index in [0.29, 0.717) is 18.2 Å². The standard InChI is InChI=1S/C22H27N3O4S/c26-20(14-25-22(27)16-30(28)15-21-5-3-11-29-21)7-6-19-13-17(8-10-24-19)12-18-4-1-2-9-23-18/h1-3,5,7-8,10-11,13,18,23,26H,4,6,9,12,14-16H2,(H,25,27). The summed E-state index contributed by atoms with van der Waals surface area (Å²) >= 11 is 0. The topological polar surface area (TPSA) is 104 Å². The number of aliphatic hydroxyl groups is 1. The van der Waals surface area contributed by atoms with Gasteiger partial charge in [0.1, 0.15) is 17.3 Å². The van der Waals surface area contributed by atoms with E-state index in [1.165, 1.54) is 11.8 Å². The lowest BCUT2D eigenvalue weighted by molar-refractivity contribution is -0.118. The Labute approximate surface area is 178 Å². The van der Waals surface area contributed by atoms with Gasteiger partial charge in [0.15, 0.2) is 0 Å². The third kappa shape index (κ3) is 7.61. The molecule has 0 fully saturated rings. The molecule has 2 atom stereocenters. The largest absolute Gasteiger partial charge is 0.511 e. The van der Waals surface area contributed by atoms with E-state index in [2.05, 4.69) is 27.8 Å². The highest BCUT2D eigenvalue weighted by Gasteiger charge is 2.11. The monoisotopic (exact) mass is 429 g/mol. The van der Waals surface area contributed by atoms with Gasteiger partial charge in [-0.05, 0) is 48.7 Å². The number of carbonyl (C=O) groups excluding carboxylic acids is 1. The van der Waals surface area contributed by atoms with Crippen LogP contribution in [0, 0.1) is 0 Å². The van der Waals surface area contributed by atoms with Gasteiger partial charge in [0.2, 0.25) is 5.91 Å². The smallest absolute Gasteiger partial charge is 0.233 e. The predicted molar refractivity (Wildman–Crippen MR) is 116 cm³/mol. The lowest BCUT2D eigenvalue weighted by Gasteiger charge is -2.19. The fraction of sp³-hybridized carbons (Fsp3) is 0.364. The highest BCUT2D eigenvalue weighted by Crippen LogP contribution is 2.11. The molecule has 0 bridgehead atoms. The normalized spacial score (nSPS) is 17.6. The van der Waals surface area contributed by atoms with Crippen molar-refractivity contribution in [2.45, 2.75) is 31.1 Å². The van der Waals surface area contributed by atoms with E-state index < -0.39 is 10.8 Å². The molecule has 3 N–H and O–H groups in total. The van der Waals surface area contributed by atoms with Gasteiger partial charge in [0.05, 0.1) is 18.6 Å². The summed E-state index contributed by atoms with van der Waals surface area (Å²) in [5.41, 5.74) is 2.06. The van der Waals surface area contributed by atoms with Crippen LogP contribution in [0.5, 0.6) is 0 Å². The Balaban J connectivity index is 1.41. The van der Waals surface area contributed by atoms with Crippen LogP contribution in [-0.2, 0) is 34.2 Å². The molecular weight excluding hydrogens is 402 g/mol. The maximum atomic E-state index is 11.9. The zero-order valence-corrected chi connectivity index (χ0v) is 17.6. The lowest BCUT2D eigenvalue weighted by atomic mass is 10.0. The summed E-state index contributed by atoms with van der Waals surface area (Å²) in [4.78, 5) is 16.2. The molecule has 2 aromatic rings. The van der Waals surface area contributed by atoms with Gasteiger partial charge in [0.25, 0.3) is 0 Å². The molecule has 0 saturated carbocycles. The third-order valence-electron chi connectivity index (χ3n) is 4.66. The number of nitrogens with zero attached hydrogens (tertiary/aromatic N) is 1. The molecule has 2 aromatic heterocycles. The zero-order chi connectivity index (χ0) is 21.2. The lowest BCUT2D eigenvalue weighted by Crippen LogP contribution is -2.33. The molecule has 0 aliphatic carbocycles. The quantitative estimate of drug-likeness (QED) is 0.395. The second-order valence-electron chi connectivity index (χ2n) is 7.16. The van der Waals surface area contributed by atoms with Crippen LogP contribution in [0.3, 0.4) is 0 Å². The minimum atomic E-state index is -1.36. The summed E-state index contributed by atoms with van der Waals surface area (Å²) in [6, 6.07) is 7.92. The Morgan fingerprint density at radius 1 is 1.40 bits per heavy atom. The summed E-state index contributed by atoms with van der Waals surface area (Å²) in [5, 5.41) is 16.1. The van der Waals surface area contributed by atoms with Gasteiger partial charge in [0, 0.05) is 41.7 Å². The first-order valence-corrected chi connectivity index (χ1v) is 11.4. The van der Waals surface area contributed by atoms with Crippen molar-refractivity contribution >= 4 is 16.7 Å². The van der Waals surface area contributed by atoms with E-state index in [0.717, 1.165) is 25.1 Å². The van der Waals surface area contributed by atoms with Crippen LogP contribution in [0.25, 0.3) is 0 Å². The predicted octanol–water partition coefficient (Wildman–Crippen LogP) is 2.18. The molecule has 1 aliphatic rings. The number of aromatic nitrogens is 1. The molecule has 3 rings (SSSR count). The molecular formula is C22H27N3O4S. The molecule has 0 radical (unpaired) electrons. The molecule has 160 valence electrons. The van der Waals surface area contributed by atoms with Crippen LogP contribution in [-0.4, -0.2) is 45.1 Å². The zero-order valence-electron chi connectivity index (χ0n) is 16.8. The molecule has 0 spiro atoms. The second kappa shape index (κ2) is 11.5. The molecule has 7 nitrogen and oxygen atoms in total. The maximum absolute atomic E-state index is 11.9. The van der Waals surface area contributed by atoms with Crippen molar-refractivity contribution in [3.8, 4) is 0 Å². The highest BCUT2D eigenvalue weighted by molar-refractivity contribution is 7.84. The summed E-state index contributed by atoms with van der Waals surface area (Å²) in [7, 11) is -1.36. The van der Waals surface area contributed by atoms with E-state index in [9.17, 15) is 14.1 Å². The number of allylic oxidation sites excluding steroid dienone is 1. The molecule has 8 heteroatoms. The van der Waals surface area contributed by atoms with Crippen LogP contribution in [0.2, 0.25) is 0 Å². The average Bonchev–Trinajstić information content (AvgIpc) is 3.24. The van der Waals surface area contributed by atoms with Gasteiger partial charge in [-0.3, -0.25) is 14.0 Å². The maximum Gasteiger partial charge on any atom is 0.233 e. The Bertz CT molecular complexity index is 909. The number of pyridine rings is 1. The fourth-order valence-electron chi connectivity index (χ4n) is 3.15. The first kappa shape index (κ1) is 22.0. The van der Waals surface area contributed by atoms with Gasteiger partial charge in [-0.1, -0.05) is 12.2 Å². The highest BCUT2D eigenvalue weighted by atomic mass is 32.2. The van der Waals surface area contributed by atoms with E-state index in [1.54, 1.807) is 24.4 Å². The van der Waals surface area contributed by atoms with Crippen molar-refractivity contribution in [2.24, 2.45) is 0 Å². The Kier molecular flexibility index (Phi) is 8.41. The van der Waals surface area contributed by atoms with Gasteiger partial charge < -0.3 is 20.2 Å². The van der Waals surface area contributed by atoms with Crippen LogP contribution in [0.1, 0.15) is 23.4 Å².